The first kappa shape index (κ1) is 22.4. The minimum Gasteiger partial charge on any atom is -0.456 e. The minimum atomic E-state index is 0.269. The molecule has 4 aromatic rings. The Morgan fingerprint density at radius 3 is 2.61 bits per heavy atom. The summed E-state index contributed by atoms with van der Waals surface area (Å²) in [6.45, 7) is 6.42. The number of aromatic nitrogens is 3. The Balaban J connectivity index is 0.000000318. The fraction of sp³-hybridized carbons (Fsp3) is 0.280. The standard InChI is InChI=1S/C19H15N5O2.C6H13N/c1-11(20)16-14(8-10-22-17(16)21)25-13-6-4-12(5-7-13)19-24-18-15(26-19)3-2-9-23-18;1-6-3-2-4-7-5-6/h2-10,20H,1H3,(H2,21,22);6-7H,2-5H2,1H3. The van der Waals surface area contributed by atoms with Crippen LogP contribution in [-0.2, 0) is 0 Å². The van der Waals surface area contributed by atoms with E-state index >= 15 is 0 Å². The van der Waals surface area contributed by atoms with Gasteiger partial charge in [0.1, 0.15) is 17.3 Å². The van der Waals surface area contributed by atoms with Crippen LogP contribution in [0.15, 0.2) is 59.3 Å². The molecule has 0 saturated carbocycles. The molecule has 1 fully saturated rings. The van der Waals surface area contributed by atoms with Crippen molar-refractivity contribution in [3.8, 4) is 23.0 Å². The van der Waals surface area contributed by atoms with Crippen LogP contribution in [-0.4, -0.2) is 33.8 Å². The molecule has 33 heavy (non-hydrogen) atoms. The molecular weight excluding hydrogens is 416 g/mol. The van der Waals surface area contributed by atoms with Gasteiger partial charge in [0.15, 0.2) is 11.2 Å². The number of oxazole rings is 1. The van der Waals surface area contributed by atoms with Gasteiger partial charge < -0.3 is 25.6 Å². The van der Waals surface area contributed by atoms with Crippen molar-refractivity contribution in [2.45, 2.75) is 26.7 Å². The number of ether oxygens (including phenoxy) is 1. The number of rotatable bonds is 4. The van der Waals surface area contributed by atoms with Crippen molar-refractivity contribution in [2.75, 3.05) is 18.8 Å². The molecule has 0 aliphatic carbocycles. The number of anilines is 1. The van der Waals surface area contributed by atoms with Crippen LogP contribution in [0.2, 0.25) is 0 Å². The zero-order chi connectivity index (χ0) is 23.2. The number of hydrogen-bond acceptors (Lipinski definition) is 8. The number of benzene rings is 1. The molecule has 0 spiro atoms. The van der Waals surface area contributed by atoms with Crippen molar-refractivity contribution >= 4 is 22.8 Å². The van der Waals surface area contributed by atoms with E-state index < -0.39 is 0 Å². The van der Waals surface area contributed by atoms with Gasteiger partial charge in [-0.2, -0.15) is 4.98 Å². The molecule has 1 aliphatic rings. The second-order valence-corrected chi connectivity index (χ2v) is 8.12. The third-order valence-corrected chi connectivity index (χ3v) is 5.35. The van der Waals surface area contributed by atoms with E-state index in [2.05, 4.69) is 27.2 Å². The zero-order valence-corrected chi connectivity index (χ0v) is 18.8. The number of fused-ring (bicyclic) bond motifs is 1. The largest absolute Gasteiger partial charge is 0.456 e. The maximum Gasteiger partial charge on any atom is 0.228 e. The Kier molecular flexibility index (Phi) is 6.95. The number of pyridine rings is 2. The summed E-state index contributed by atoms with van der Waals surface area (Å²) < 4.78 is 11.6. The Bertz CT molecular complexity index is 1200. The molecule has 0 bridgehead atoms. The summed E-state index contributed by atoms with van der Waals surface area (Å²) in [4.78, 5) is 12.5. The lowest BCUT2D eigenvalue weighted by atomic mass is 10.0. The normalized spacial score (nSPS) is 15.5. The summed E-state index contributed by atoms with van der Waals surface area (Å²) >= 11 is 0. The zero-order valence-electron chi connectivity index (χ0n) is 18.8. The SMILES string of the molecule is CC(=N)c1c(Oc2ccc(-c3nc4ncccc4o3)cc2)ccnc1N.CC1CCCNC1. The highest BCUT2D eigenvalue weighted by atomic mass is 16.5. The smallest absolute Gasteiger partial charge is 0.228 e. The number of nitrogens with one attached hydrogen (secondary N) is 2. The maximum atomic E-state index is 7.86. The monoisotopic (exact) mass is 444 g/mol. The number of hydrogen-bond donors (Lipinski definition) is 3. The lowest BCUT2D eigenvalue weighted by Gasteiger charge is -2.17. The van der Waals surface area contributed by atoms with E-state index in [0.29, 0.717) is 39.9 Å². The first-order valence-corrected chi connectivity index (χ1v) is 11.0. The van der Waals surface area contributed by atoms with E-state index in [9.17, 15) is 0 Å². The van der Waals surface area contributed by atoms with E-state index in [1.165, 1.54) is 25.9 Å². The van der Waals surface area contributed by atoms with E-state index in [-0.39, 0.29) is 5.82 Å². The molecule has 1 unspecified atom stereocenters. The summed E-state index contributed by atoms with van der Waals surface area (Å²) in [6, 6.07) is 12.6. The van der Waals surface area contributed by atoms with Gasteiger partial charge in [0, 0.05) is 23.7 Å². The van der Waals surface area contributed by atoms with E-state index in [0.717, 1.165) is 11.5 Å². The minimum absolute atomic E-state index is 0.269. The van der Waals surface area contributed by atoms with Crippen LogP contribution in [0.1, 0.15) is 32.3 Å². The topological polar surface area (TPSA) is 123 Å². The first-order chi connectivity index (χ1) is 16.0. The number of nitrogens with two attached hydrogens (primary N) is 1. The Hall–Kier alpha value is -3.78. The molecule has 5 rings (SSSR count). The Morgan fingerprint density at radius 2 is 1.97 bits per heavy atom. The molecule has 0 amide bonds. The van der Waals surface area contributed by atoms with Gasteiger partial charge in [-0.1, -0.05) is 6.92 Å². The third kappa shape index (κ3) is 5.53. The quantitative estimate of drug-likeness (QED) is 0.376. The van der Waals surface area contributed by atoms with Gasteiger partial charge in [-0.15, -0.1) is 0 Å². The molecule has 4 heterocycles. The highest BCUT2D eigenvalue weighted by Gasteiger charge is 2.13. The van der Waals surface area contributed by atoms with Crippen LogP contribution in [0.4, 0.5) is 5.82 Å². The van der Waals surface area contributed by atoms with Crippen molar-refractivity contribution < 1.29 is 9.15 Å². The molecule has 4 N–H and O–H groups in total. The summed E-state index contributed by atoms with van der Waals surface area (Å²) in [5.74, 6) is 2.79. The predicted octanol–water partition coefficient (Wildman–Crippen LogP) is 5.05. The van der Waals surface area contributed by atoms with Crippen LogP contribution < -0.4 is 15.8 Å². The molecule has 170 valence electrons. The van der Waals surface area contributed by atoms with Gasteiger partial charge in [-0.25, -0.2) is 9.97 Å². The highest BCUT2D eigenvalue weighted by molar-refractivity contribution is 6.02. The van der Waals surface area contributed by atoms with E-state index in [1.807, 2.05) is 18.2 Å². The molecule has 3 aromatic heterocycles. The highest BCUT2D eigenvalue weighted by Crippen LogP contribution is 2.30. The Labute approximate surface area is 192 Å². The average Bonchev–Trinajstić information content (AvgIpc) is 3.25. The second kappa shape index (κ2) is 10.2. The van der Waals surface area contributed by atoms with Crippen molar-refractivity contribution in [2.24, 2.45) is 5.92 Å². The van der Waals surface area contributed by atoms with Gasteiger partial charge in [0.25, 0.3) is 0 Å². The first-order valence-electron chi connectivity index (χ1n) is 11.0. The van der Waals surface area contributed by atoms with Crippen LogP contribution in [0.25, 0.3) is 22.7 Å². The van der Waals surface area contributed by atoms with Gasteiger partial charge in [0.2, 0.25) is 5.89 Å². The molecule has 0 radical (unpaired) electrons. The lowest BCUT2D eigenvalue weighted by Crippen LogP contribution is -2.27. The van der Waals surface area contributed by atoms with Crippen molar-refractivity contribution in [1.82, 2.24) is 20.3 Å². The molecule has 1 atom stereocenters. The summed E-state index contributed by atoms with van der Waals surface area (Å²) in [7, 11) is 0. The van der Waals surface area contributed by atoms with Gasteiger partial charge in [0.05, 0.1) is 5.56 Å². The predicted molar refractivity (Wildman–Crippen MR) is 130 cm³/mol. The molecular formula is C25H28N6O2. The second-order valence-electron chi connectivity index (χ2n) is 8.12. The fourth-order valence-corrected chi connectivity index (χ4v) is 3.63. The average molecular weight is 445 g/mol. The van der Waals surface area contributed by atoms with Gasteiger partial charge in [-0.3, -0.25) is 0 Å². The molecule has 1 aliphatic heterocycles. The molecule has 1 saturated heterocycles. The van der Waals surface area contributed by atoms with Gasteiger partial charge >= 0.3 is 0 Å². The molecule has 8 nitrogen and oxygen atoms in total. The van der Waals surface area contributed by atoms with Gasteiger partial charge in [-0.05, 0) is 81.2 Å². The van der Waals surface area contributed by atoms with Crippen molar-refractivity contribution in [3.63, 3.8) is 0 Å². The summed E-state index contributed by atoms with van der Waals surface area (Å²) in [5, 5.41) is 11.2. The molecule has 1 aromatic carbocycles. The summed E-state index contributed by atoms with van der Waals surface area (Å²) in [6.07, 6.45) is 6.03. The van der Waals surface area contributed by atoms with Crippen LogP contribution >= 0.6 is 0 Å². The lowest BCUT2D eigenvalue weighted by molar-refractivity contribution is 0.405. The van der Waals surface area contributed by atoms with Crippen molar-refractivity contribution in [3.05, 3.63) is 60.4 Å². The summed E-state index contributed by atoms with van der Waals surface area (Å²) in [5.41, 5.74) is 8.66. The van der Waals surface area contributed by atoms with Crippen LogP contribution in [0.5, 0.6) is 11.5 Å². The molecule has 8 heteroatoms. The maximum absolute atomic E-state index is 7.86. The van der Waals surface area contributed by atoms with E-state index in [1.54, 1.807) is 43.6 Å². The fourth-order valence-electron chi connectivity index (χ4n) is 3.63. The third-order valence-electron chi connectivity index (χ3n) is 5.35. The number of nitrogen functional groups attached to an aromatic ring is 1. The van der Waals surface area contributed by atoms with Crippen LogP contribution in [0.3, 0.4) is 0 Å². The number of nitrogens with zero attached hydrogens (tertiary/aromatic N) is 3. The van der Waals surface area contributed by atoms with E-state index in [4.69, 9.17) is 20.3 Å². The number of piperidine rings is 1. The van der Waals surface area contributed by atoms with Crippen molar-refractivity contribution in [1.29, 1.82) is 5.41 Å². The van der Waals surface area contributed by atoms with Crippen LogP contribution in [0, 0.1) is 11.3 Å². The Morgan fingerprint density at radius 1 is 1.15 bits per heavy atom.